The average molecular weight is 322 g/mol. The number of hydrogen-bond donors (Lipinski definition) is 2. The highest BCUT2D eigenvalue weighted by atomic mass is 16.4. The summed E-state index contributed by atoms with van der Waals surface area (Å²) in [6.45, 7) is 10.8. The summed E-state index contributed by atoms with van der Waals surface area (Å²) >= 11 is 0. The van der Waals surface area contributed by atoms with E-state index in [1.807, 2.05) is 24.7 Å². The van der Waals surface area contributed by atoms with Crippen LogP contribution in [0.2, 0.25) is 0 Å². The molecule has 2 unspecified atom stereocenters. The third-order valence-electron chi connectivity index (χ3n) is 4.26. The van der Waals surface area contributed by atoms with Crippen molar-refractivity contribution in [3.8, 4) is 0 Å². The molecule has 7 heteroatoms. The number of aryl methyl sites for hydroxylation is 1. The van der Waals surface area contributed by atoms with Gasteiger partial charge < -0.3 is 15.3 Å². The lowest BCUT2D eigenvalue weighted by Crippen LogP contribution is -2.40. The SMILES string of the molecule is Cc1nn(C(C)(C)C)cc1C(C)NC(=O)N1CCC(C(=O)O)C1. The van der Waals surface area contributed by atoms with Gasteiger partial charge in [-0.1, -0.05) is 0 Å². The second kappa shape index (κ2) is 6.22. The van der Waals surface area contributed by atoms with Crippen LogP contribution in [0.4, 0.5) is 4.79 Å². The second-order valence-electron chi connectivity index (χ2n) is 7.23. The molecule has 0 spiro atoms. The predicted octanol–water partition coefficient (Wildman–Crippen LogP) is 2.12. The maximum absolute atomic E-state index is 12.3. The zero-order valence-electron chi connectivity index (χ0n) is 14.5. The minimum atomic E-state index is -0.837. The molecule has 1 aliphatic rings. The Labute approximate surface area is 136 Å². The van der Waals surface area contributed by atoms with Crippen LogP contribution >= 0.6 is 0 Å². The van der Waals surface area contributed by atoms with Gasteiger partial charge in [-0.05, 0) is 41.0 Å². The van der Waals surface area contributed by atoms with Gasteiger partial charge in [0.2, 0.25) is 0 Å². The van der Waals surface area contributed by atoms with Gasteiger partial charge in [-0.25, -0.2) is 4.79 Å². The van der Waals surface area contributed by atoms with Gasteiger partial charge in [0.1, 0.15) is 0 Å². The van der Waals surface area contributed by atoms with E-state index in [9.17, 15) is 9.59 Å². The Kier molecular flexibility index (Phi) is 4.68. The van der Waals surface area contributed by atoms with E-state index in [1.54, 1.807) is 4.90 Å². The first-order valence-corrected chi connectivity index (χ1v) is 7.94. The van der Waals surface area contributed by atoms with Crippen LogP contribution in [0.5, 0.6) is 0 Å². The second-order valence-corrected chi connectivity index (χ2v) is 7.23. The minimum Gasteiger partial charge on any atom is -0.481 e. The van der Waals surface area contributed by atoms with E-state index in [-0.39, 0.29) is 24.2 Å². The molecule has 1 fully saturated rings. The van der Waals surface area contributed by atoms with Gasteiger partial charge in [-0.3, -0.25) is 9.48 Å². The number of carbonyl (C=O) groups excluding carboxylic acids is 1. The lowest BCUT2D eigenvalue weighted by Gasteiger charge is -2.21. The molecule has 128 valence electrons. The smallest absolute Gasteiger partial charge is 0.317 e. The fourth-order valence-electron chi connectivity index (χ4n) is 2.74. The number of carboxylic acids is 1. The summed E-state index contributed by atoms with van der Waals surface area (Å²) in [5.41, 5.74) is 1.75. The monoisotopic (exact) mass is 322 g/mol. The molecule has 2 rings (SSSR count). The van der Waals surface area contributed by atoms with Crippen LogP contribution < -0.4 is 5.32 Å². The molecule has 1 aromatic heterocycles. The number of aliphatic carboxylic acids is 1. The Balaban J connectivity index is 2.02. The van der Waals surface area contributed by atoms with Gasteiger partial charge in [-0.2, -0.15) is 5.10 Å². The minimum absolute atomic E-state index is 0.115. The lowest BCUT2D eigenvalue weighted by molar-refractivity contribution is -0.141. The largest absolute Gasteiger partial charge is 0.481 e. The maximum atomic E-state index is 12.3. The quantitative estimate of drug-likeness (QED) is 0.892. The predicted molar refractivity (Wildman–Crippen MR) is 86.2 cm³/mol. The molecule has 2 heterocycles. The Hall–Kier alpha value is -2.05. The number of carbonyl (C=O) groups is 2. The highest BCUT2D eigenvalue weighted by Crippen LogP contribution is 2.22. The van der Waals surface area contributed by atoms with Gasteiger partial charge in [0.25, 0.3) is 0 Å². The Bertz CT molecular complexity index is 603. The molecule has 1 saturated heterocycles. The summed E-state index contributed by atoms with van der Waals surface area (Å²) in [7, 11) is 0. The van der Waals surface area contributed by atoms with E-state index >= 15 is 0 Å². The molecule has 0 aromatic carbocycles. The van der Waals surface area contributed by atoms with Crippen molar-refractivity contribution in [1.29, 1.82) is 0 Å². The molecule has 1 aromatic rings. The molecule has 0 radical (unpaired) electrons. The molecule has 0 saturated carbocycles. The van der Waals surface area contributed by atoms with Gasteiger partial charge >= 0.3 is 12.0 Å². The summed E-state index contributed by atoms with van der Waals surface area (Å²) in [4.78, 5) is 24.9. The van der Waals surface area contributed by atoms with E-state index in [4.69, 9.17) is 5.11 Å². The molecule has 0 bridgehead atoms. The number of amides is 2. The molecule has 7 nitrogen and oxygen atoms in total. The standard InChI is InChI=1S/C16H26N4O3/c1-10(13-9-20(16(3,4)5)18-11(13)2)17-15(23)19-7-6-12(8-19)14(21)22/h9-10,12H,6-8H2,1-5H3,(H,17,23)(H,21,22). The molecule has 0 aliphatic carbocycles. The van der Waals surface area contributed by atoms with E-state index in [0.717, 1.165) is 11.3 Å². The van der Waals surface area contributed by atoms with Gasteiger partial charge in [0.15, 0.2) is 0 Å². The van der Waals surface area contributed by atoms with Crippen LogP contribution in [-0.2, 0) is 10.3 Å². The number of hydrogen-bond acceptors (Lipinski definition) is 3. The Morgan fingerprint density at radius 2 is 2.09 bits per heavy atom. The first-order chi connectivity index (χ1) is 10.6. The normalized spacial score (nSPS) is 19.7. The highest BCUT2D eigenvalue weighted by Gasteiger charge is 2.31. The molecule has 2 atom stereocenters. The van der Waals surface area contributed by atoms with Gasteiger partial charge in [0, 0.05) is 24.8 Å². The van der Waals surface area contributed by atoms with Crippen molar-refractivity contribution in [2.45, 2.75) is 52.6 Å². The van der Waals surface area contributed by atoms with Crippen LogP contribution in [0.1, 0.15) is 51.4 Å². The van der Waals surface area contributed by atoms with E-state index in [2.05, 4.69) is 31.2 Å². The first-order valence-electron chi connectivity index (χ1n) is 7.94. The topological polar surface area (TPSA) is 87.5 Å². The van der Waals surface area contributed by atoms with Crippen molar-refractivity contribution in [2.75, 3.05) is 13.1 Å². The fourth-order valence-corrected chi connectivity index (χ4v) is 2.74. The third-order valence-corrected chi connectivity index (χ3v) is 4.26. The summed E-state index contributed by atoms with van der Waals surface area (Å²) in [6, 6.07) is -0.397. The summed E-state index contributed by atoms with van der Waals surface area (Å²) < 4.78 is 1.90. The maximum Gasteiger partial charge on any atom is 0.317 e. The number of likely N-dealkylation sites (tertiary alicyclic amines) is 1. The van der Waals surface area contributed by atoms with E-state index < -0.39 is 11.9 Å². The van der Waals surface area contributed by atoms with Crippen LogP contribution in [0.25, 0.3) is 0 Å². The van der Waals surface area contributed by atoms with Crippen molar-refractivity contribution < 1.29 is 14.7 Å². The van der Waals surface area contributed by atoms with Crippen molar-refractivity contribution in [1.82, 2.24) is 20.0 Å². The summed E-state index contributed by atoms with van der Waals surface area (Å²) in [5, 5.41) is 16.5. The van der Waals surface area contributed by atoms with Crippen LogP contribution in [-0.4, -0.2) is 44.9 Å². The van der Waals surface area contributed by atoms with Crippen LogP contribution in [0.15, 0.2) is 6.20 Å². The van der Waals surface area contributed by atoms with Gasteiger partial charge in [-0.15, -0.1) is 0 Å². The fraction of sp³-hybridized carbons (Fsp3) is 0.688. The van der Waals surface area contributed by atoms with Crippen molar-refractivity contribution >= 4 is 12.0 Å². The number of aromatic nitrogens is 2. The third kappa shape index (κ3) is 3.83. The molecular formula is C16H26N4O3. The summed E-state index contributed by atoms with van der Waals surface area (Å²) in [5.74, 6) is -1.29. The Morgan fingerprint density at radius 1 is 1.43 bits per heavy atom. The molecule has 2 amide bonds. The van der Waals surface area contributed by atoms with Crippen molar-refractivity contribution in [3.63, 3.8) is 0 Å². The number of nitrogens with one attached hydrogen (secondary N) is 1. The number of nitrogens with zero attached hydrogens (tertiary/aromatic N) is 3. The van der Waals surface area contributed by atoms with Crippen molar-refractivity contribution in [3.05, 3.63) is 17.5 Å². The zero-order valence-corrected chi connectivity index (χ0v) is 14.5. The van der Waals surface area contributed by atoms with Gasteiger partial charge in [0.05, 0.1) is 23.2 Å². The molecule has 1 aliphatic heterocycles. The summed E-state index contributed by atoms with van der Waals surface area (Å²) in [6.07, 6.45) is 2.47. The number of rotatable bonds is 3. The molecule has 23 heavy (non-hydrogen) atoms. The van der Waals surface area contributed by atoms with Crippen LogP contribution in [0.3, 0.4) is 0 Å². The number of urea groups is 1. The van der Waals surface area contributed by atoms with Crippen molar-refractivity contribution in [2.24, 2.45) is 5.92 Å². The molecular weight excluding hydrogens is 296 g/mol. The first kappa shape index (κ1) is 17.3. The lowest BCUT2D eigenvalue weighted by atomic mass is 10.1. The Morgan fingerprint density at radius 3 is 2.57 bits per heavy atom. The number of carboxylic acid groups (broad SMARTS) is 1. The highest BCUT2D eigenvalue weighted by molar-refractivity contribution is 5.77. The van der Waals surface area contributed by atoms with E-state index in [0.29, 0.717) is 13.0 Å². The van der Waals surface area contributed by atoms with E-state index in [1.165, 1.54) is 0 Å². The van der Waals surface area contributed by atoms with Crippen LogP contribution in [0, 0.1) is 12.8 Å². The zero-order chi connectivity index (χ0) is 17.4. The molecule has 2 N–H and O–H groups in total. The average Bonchev–Trinajstić information content (AvgIpc) is 3.04.